The van der Waals surface area contributed by atoms with Crippen LogP contribution in [0.4, 0.5) is 5.95 Å². The van der Waals surface area contributed by atoms with E-state index in [1.807, 2.05) is 0 Å². The average Bonchev–Trinajstić information content (AvgIpc) is 2.30. The molecule has 5 heteroatoms. The summed E-state index contributed by atoms with van der Waals surface area (Å²) in [5.74, 6) is 0.618. The summed E-state index contributed by atoms with van der Waals surface area (Å²) in [7, 11) is 0. The fraction of sp³-hybridized carbons (Fsp3) is 0.667. The van der Waals surface area contributed by atoms with Gasteiger partial charge < -0.3 is 10.6 Å². The molecule has 1 fully saturated rings. The Labute approximate surface area is 101 Å². The number of anilines is 1. The summed E-state index contributed by atoms with van der Waals surface area (Å²) in [5.41, 5.74) is 0.799. The topological polar surface area (TPSA) is 69.8 Å². The Morgan fingerprint density at radius 2 is 2.24 bits per heavy atom. The van der Waals surface area contributed by atoms with E-state index in [0.29, 0.717) is 12.0 Å². The predicted molar refractivity (Wildman–Crippen MR) is 68.4 cm³/mol. The molecule has 0 bridgehead atoms. The molecule has 1 aromatic heterocycles. The molecule has 1 aliphatic heterocycles. The van der Waals surface area contributed by atoms with Gasteiger partial charge in [-0.25, -0.2) is 4.98 Å². The lowest BCUT2D eigenvalue weighted by Gasteiger charge is -2.23. The number of aromatic amines is 1. The number of rotatable bonds is 4. The van der Waals surface area contributed by atoms with E-state index < -0.39 is 0 Å². The minimum atomic E-state index is -0.0696. The average molecular weight is 236 g/mol. The maximum atomic E-state index is 11.5. The van der Waals surface area contributed by atoms with Gasteiger partial charge in [0.1, 0.15) is 0 Å². The first-order valence-electron chi connectivity index (χ1n) is 6.35. The van der Waals surface area contributed by atoms with Gasteiger partial charge in [-0.15, -0.1) is 0 Å². The van der Waals surface area contributed by atoms with E-state index in [2.05, 4.69) is 27.5 Å². The molecule has 0 atom stereocenters. The lowest BCUT2D eigenvalue weighted by molar-refractivity contribution is 0.477. The number of hydrogen-bond acceptors (Lipinski definition) is 4. The van der Waals surface area contributed by atoms with Crippen LogP contribution < -0.4 is 16.2 Å². The Bertz CT molecular complexity index is 409. The Morgan fingerprint density at radius 1 is 1.47 bits per heavy atom. The van der Waals surface area contributed by atoms with Crippen LogP contribution in [0.1, 0.15) is 31.9 Å². The van der Waals surface area contributed by atoms with Crippen LogP contribution in [0.25, 0.3) is 0 Å². The molecular formula is C12H20N4O. The SMILES string of the molecule is CCCc1cc(=O)[nH]c(NC2CCNCC2)n1. The van der Waals surface area contributed by atoms with Crippen molar-refractivity contribution in [2.45, 2.75) is 38.6 Å². The maximum Gasteiger partial charge on any atom is 0.252 e. The van der Waals surface area contributed by atoms with Crippen molar-refractivity contribution in [3.8, 4) is 0 Å². The third kappa shape index (κ3) is 3.56. The molecule has 0 saturated carbocycles. The van der Waals surface area contributed by atoms with E-state index in [9.17, 15) is 4.79 Å². The zero-order valence-electron chi connectivity index (χ0n) is 10.3. The number of piperidine rings is 1. The summed E-state index contributed by atoms with van der Waals surface area (Å²) < 4.78 is 0. The number of nitrogens with zero attached hydrogens (tertiary/aromatic N) is 1. The molecule has 5 nitrogen and oxygen atoms in total. The lowest BCUT2D eigenvalue weighted by atomic mass is 10.1. The van der Waals surface area contributed by atoms with Crippen molar-refractivity contribution in [3.05, 3.63) is 22.1 Å². The van der Waals surface area contributed by atoms with Crippen molar-refractivity contribution in [3.63, 3.8) is 0 Å². The molecule has 0 amide bonds. The molecule has 94 valence electrons. The number of aromatic nitrogens is 2. The second kappa shape index (κ2) is 5.82. The summed E-state index contributed by atoms with van der Waals surface area (Å²) in [6.45, 7) is 4.13. The molecule has 0 spiro atoms. The number of nitrogens with one attached hydrogen (secondary N) is 3. The van der Waals surface area contributed by atoms with Gasteiger partial charge in [-0.3, -0.25) is 9.78 Å². The molecule has 0 aliphatic carbocycles. The van der Waals surface area contributed by atoms with E-state index in [1.165, 1.54) is 0 Å². The molecule has 0 aromatic carbocycles. The number of hydrogen-bond donors (Lipinski definition) is 3. The van der Waals surface area contributed by atoms with Crippen LogP contribution in [0.3, 0.4) is 0 Å². The van der Waals surface area contributed by atoms with Gasteiger partial charge in [0.05, 0.1) is 0 Å². The monoisotopic (exact) mass is 236 g/mol. The molecule has 17 heavy (non-hydrogen) atoms. The molecule has 0 unspecified atom stereocenters. The fourth-order valence-corrected chi connectivity index (χ4v) is 2.12. The second-order valence-electron chi connectivity index (χ2n) is 4.50. The van der Waals surface area contributed by atoms with Crippen molar-refractivity contribution >= 4 is 5.95 Å². The smallest absolute Gasteiger partial charge is 0.252 e. The van der Waals surface area contributed by atoms with Crippen LogP contribution in [0.2, 0.25) is 0 Å². The van der Waals surface area contributed by atoms with Crippen molar-refractivity contribution in [1.29, 1.82) is 0 Å². The molecule has 1 aliphatic rings. The zero-order valence-corrected chi connectivity index (χ0v) is 10.3. The Hall–Kier alpha value is -1.36. The largest absolute Gasteiger partial charge is 0.353 e. The minimum Gasteiger partial charge on any atom is -0.353 e. The Morgan fingerprint density at radius 3 is 2.94 bits per heavy atom. The van der Waals surface area contributed by atoms with Crippen LogP contribution in [0, 0.1) is 0 Å². The van der Waals surface area contributed by atoms with Crippen LogP contribution in [-0.2, 0) is 6.42 Å². The molecule has 1 saturated heterocycles. The van der Waals surface area contributed by atoms with Crippen molar-refractivity contribution in [2.75, 3.05) is 18.4 Å². The van der Waals surface area contributed by atoms with E-state index in [0.717, 1.165) is 44.5 Å². The predicted octanol–water partition coefficient (Wildman–Crippen LogP) is 0.886. The van der Waals surface area contributed by atoms with Crippen LogP contribution in [0.15, 0.2) is 10.9 Å². The molecule has 3 N–H and O–H groups in total. The highest BCUT2D eigenvalue weighted by atomic mass is 16.1. The van der Waals surface area contributed by atoms with E-state index in [1.54, 1.807) is 6.07 Å². The highest BCUT2D eigenvalue weighted by molar-refractivity contribution is 5.27. The quantitative estimate of drug-likeness (QED) is 0.726. The summed E-state index contributed by atoms with van der Waals surface area (Å²) in [6.07, 6.45) is 4.00. The van der Waals surface area contributed by atoms with Gasteiger partial charge in [0.15, 0.2) is 0 Å². The Kier molecular flexibility index (Phi) is 4.14. The first kappa shape index (κ1) is 12.1. The van der Waals surface area contributed by atoms with Gasteiger partial charge in [0, 0.05) is 17.8 Å². The minimum absolute atomic E-state index is 0.0696. The highest BCUT2D eigenvalue weighted by Crippen LogP contribution is 2.08. The van der Waals surface area contributed by atoms with Crippen molar-refractivity contribution in [2.24, 2.45) is 0 Å². The summed E-state index contributed by atoms with van der Waals surface area (Å²) in [4.78, 5) is 18.7. The zero-order chi connectivity index (χ0) is 12.1. The third-order valence-electron chi connectivity index (χ3n) is 2.98. The van der Waals surface area contributed by atoms with E-state index >= 15 is 0 Å². The normalized spacial score (nSPS) is 17.0. The van der Waals surface area contributed by atoms with Gasteiger partial charge in [-0.2, -0.15) is 0 Å². The molecule has 2 heterocycles. The van der Waals surface area contributed by atoms with E-state index in [4.69, 9.17) is 0 Å². The van der Waals surface area contributed by atoms with Crippen LogP contribution in [0.5, 0.6) is 0 Å². The van der Waals surface area contributed by atoms with Gasteiger partial charge >= 0.3 is 0 Å². The summed E-state index contributed by atoms with van der Waals surface area (Å²) >= 11 is 0. The maximum absolute atomic E-state index is 11.5. The lowest BCUT2D eigenvalue weighted by Crippen LogP contribution is -2.36. The summed E-state index contributed by atoms with van der Waals surface area (Å²) in [5, 5.41) is 6.63. The van der Waals surface area contributed by atoms with Gasteiger partial charge in [-0.1, -0.05) is 13.3 Å². The molecule has 1 aromatic rings. The van der Waals surface area contributed by atoms with Gasteiger partial charge in [0.2, 0.25) is 5.95 Å². The third-order valence-corrected chi connectivity index (χ3v) is 2.98. The summed E-state index contributed by atoms with van der Waals surface area (Å²) in [6, 6.07) is 1.99. The van der Waals surface area contributed by atoms with Gasteiger partial charge in [0.25, 0.3) is 5.56 Å². The highest BCUT2D eigenvalue weighted by Gasteiger charge is 2.13. The first-order chi connectivity index (χ1) is 8.28. The van der Waals surface area contributed by atoms with Gasteiger partial charge in [-0.05, 0) is 32.4 Å². The number of H-pyrrole nitrogens is 1. The van der Waals surface area contributed by atoms with Crippen LogP contribution >= 0.6 is 0 Å². The second-order valence-corrected chi connectivity index (χ2v) is 4.50. The van der Waals surface area contributed by atoms with E-state index in [-0.39, 0.29) is 5.56 Å². The molecule has 0 radical (unpaired) electrons. The fourth-order valence-electron chi connectivity index (χ4n) is 2.12. The Balaban J connectivity index is 2.06. The molecule has 2 rings (SSSR count). The molecular weight excluding hydrogens is 216 g/mol. The number of aryl methyl sites for hydroxylation is 1. The van der Waals surface area contributed by atoms with Crippen molar-refractivity contribution in [1.82, 2.24) is 15.3 Å². The van der Waals surface area contributed by atoms with Crippen molar-refractivity contribution < 1.29 is 0 Å². The first-order valence-corrected chi connectivity index (χ1v) is 6.35. The van der Waals surface area contributed by atoms with Crippen LogP contribution in [-0.4, -0.2) is 29.1 Å². The standard InChI is InChI=1S/C12H20N4O/c1-2-3-10-8-11(17)16-12(15-10)14-9-4-6-13-7-5-9/h8-9,13H,2-7H2,1H3,(H2,14,15,16,17).